The van der Waals surface area contributed by atoms with Crippen molar-refractivity contribution in [3.8, 4) is 0 Å². The molecule has 4 N–H and O–H groups in total. The Morgan fingerprint density at radius 2 is 1.88 bits per heavy atom. The molecule has 0 aliphatic rings. The highest BCUT2D eigenvalue weighted by atomic mass is 16.4. The Labute approximate surface area is 96.4 Å². The van der Waals surface area contributed by atoms with E-state index >= 15 is 0 Å². The number of carboxylic acid groups (broad SMARTS) is 1. The fourth-order valence-corrected chi connectivity index (χ4v) is 1.30. The summed E-state index contributed by atoms with van der Waals surface area (Å²) in [7, 11) is 0. The Kier molecular flexibility index (Phi) is 5.44. The zero-order valence-electron chi connectivity index (χ0n) is 10.4. The SMILES string of the molecule is CC(C)C(N)CC(=O)NC(C)(C)CC(=O)O. The van der Waals surface area contributed by atoms with Crippen LogP contribution in [0, 0.1) is 5.92 Å². The summed E-state index contributed by atoms with van der Waals surface area (Å²) in [6.45, 7) is 7.25. The fraction of sp³-hybridized carbons (Fsp3) is 0.818. The predicted octanol–water partition coefficient (Wildman–Crippen LogP) is 0.729. The molecule has 1 amide bonds. The second-order valence-corrected chi connectivity index (χ2v) is 5.11. The molecule has 0 bridgehead atoms. The van der Waals surface area contributed by atoms with E-state index in [1.807, 2.05) is 13.8 Å². The zero-order valence-corrected chi connectivity index (χ0v) is 10.4. The van der Waals surface area contributed by atoms with E-state index in [1.165, 1.54) is 0 Å². The van der Waals surface area contributed by atoms with E-state index < -0.39 is 11.5 Å². The van der Waals surface area contributed by atoms with E-state index in [1.54, 1.807) is 13.8 Å². The molecule has 0 saturated carbocycles. The third kappa shape index (κ3) is 6.40. The summed E-state index contributed by atoms with van der Waals surface area (Å²) in [6, 6.07) is -0.194. The average molecular weight is 230 g/mol. The van der Waals surface area contributed by atoms with E-state index in [0.717, 1.165) is 0 Å². The maximum Gasteiger partial charge on any atom is 0.305 e. The van der Waals surface area contributed by atoms with Crippen LogP contribution < -0.4 is 11.1 Å². The van der Waals surface area contributed by atoms with Crippen LogP contribution in [-0.2, 0) is 9.59 Å². The summed E-state index contributed by atoms with van der Waals surface area (Å²) in [5.74, 6) is -0.903. The molecule has 0 rings (SSSR count). The highest BCUT2D eigenvalue weighted by Gasteiger charge is 2.24. The molecule has 0 aromatic heterocycles. The van der Waals surface area contributed by atoms with Crippen LogP contribution in [0.2, 0.25) is 0 Å². The van der Waals surface area contributed by atoms with Crippen LogP contribution in [0.15, 0.2) is 0 Å². The lowest BCUT2D eigenvalue weighted by molar-refractivity contribution is -0.138. The van der Waals surface area contributed by atoms with Gasteiger partial charge in [-0.1, -0.05) is 13.8 Å². The van der Waals surface area contributed by atoms with E-state index in [9.17, 15) is 9.59 Å². The summed E-state index contributed by atoms with van der Waals surface area (Å²) < 4.78 is 0. The van der Waals surface area contributed by atoms with Crippen molar-refractivity contribution in [3.63, 3.8) is 0 Å². The minimum Gasteiger partial charge on any atom is -0.481 e. The molecule has 0 heterocycles. The minimum absolute atomic E-state index is 0.102. The quantitative estimate of drug-likeness (QED) is 0.627. The second-order valence-electron chi connectivity index (χ2n) is 5.11. The smallest absolute Gasteiger partial charge is 0.305 e. The number of rotatable bonds is 6. The largest absolute Gasteiger partial charge is 0.481 e. The molecule has 16 heavy (non-hydrogen) atoms. The van der Waals surface area contributed by atoms with Crippen LogP contribution in [0.25, 0.3) is 0 Å². The fourth-order valence-electron chi connectivity index (χ4n) is 1.30. The first-order valence-electron chi connectivity index (χ1n) is 5.42. The van der Waals surface area contributed by atoms with Gasteiger partial charge in [-0.05, 0) is 19.8 Å². The molecule has 0 aliphatic carbocycles. The van der Waals surface area contributed by atoms with E-state index in [0.29, 0.717) is 0 Å². The Hall–Kier alpha value is -1.10. The summed E-state index contributed by atoms with van der Waals surface area (Å²) >= 11 is 0. The Balaban J connectivity index is 4.18. The van der Waals surface area contributed by atoms with E-state index in [2.05, 4.69) is 5.32 Å². The minimum atomic E-state index is -0.932. The first-order chi connectivity index (χ1) is 7.14. The van der Waals surface area contributed by atoms with Gasteiger partial charge < -0.3 is 16.2 Å². The summed E-state index contributed by atoms with van der Waals surface area (Å²) in [5, 5.41) is 11.3. The lowest BCUT2D eigenvalue weighted by atomic mass is 9.98. The highest BCUT2D eigenvalue weighted by molar-refractivity contribution is 5.78. The van der Waals surface area contributed by atoms with Crippen LogP contribution in [0.3, 0.4) is 0 Å². The Morgan fingerprint density at radius 3 is 2.25 bits per heavy atom. The number of carbonyl (C=O) groups is 2. The zero-order chi connectivity index (χ0) is 12.9. The van der Waals surface area contributed by atoms with Crippen molar-refractivity contribution in [2.45, 2.75) is 52.1 Å². The normalized spacial score (nSPS) is 13.6. The molecule has 0 aliphatic heterocycles. The number of aliphatic carboxylic acids is 1. The molecule has 0 aromatic carbocycles. The van der Waals surface area contributed by atoms with Crippen LogP contribution in [-0.4, -0.2) is 28.6 Å². The van der Waals surface area contributed by atoms with Crippen molar-refractivity contribution in [2.24, 2.45) is 11.7 Å². The number of hydrogen-bond acceptors (Lipinski definition) is 3. The van der Waals surface area contributed by atoms with Crippen LogP contribution in [0.1, 0.15) is 40.5 Å². The molecule has 0 saturated heterocycles. The molecular formula is C11H22N2O3. The molecular weight excluding hydrogens is 208 g/mol. The van der Waals surface area contributed by atoms with Crippen LogP contribution >= 0.6 is 0 Å². The molecule has 0 aromatic rings. The summed E-state index contributed by atoms with van der Waals surface area (Å²) in [4.78, 5) is 22.1. The van der Waals surface area contributed by atoms with Crippen LogP contribution in [0.5, 0.6) is 0 Å². The molecule has 0 spiro atoms. The third-order valence-corrected chi connectivity index (χ3v) is 2.35. The van der Waals surface area contributed by atoms with Gasteiger partial charge in [-0.3, -0.25) is 9.59 Å². The molecule has 0 fully saturated rings. The molecule has 5 nitrogen and oxygen atoms in total. The average Bonchev–Trinajstić information content (AvgIpc) is 1.98. The van der Waals surface area contributed by atoms with Crippen LogP contribution in [0.4, 0.5) is 0 Å². The van der Waals surface area contributed by atoms with Gasteiger partial charge in [0, 0.05) is 18.0 Å². The lowest BCUT2D eigenvalue weighted by Gasteiger charge is -2.25. The number of nitrogens with two attached hydrogens (primary N) is 1. The van der Waals surface area contributed by atoms with Gasteiger partial charge in [0.15, 0.2) is 0 Å². The van der Waals surface area contributed by atoms with Crippen molar-refractivity contribution in [1.29, 1.82) is 0 Å². The first-order valence-corrected chi connectivity index (χ1v) is 5.42. The van der Waals surface area contributed by atoms with E-state index in [-0.39, 0.29) is 30.7 Å². The first kappa shape index (κ1) is 14.9. The number of carboxylic acids is 1. The van der Waals surface area contributed by atoms with Gasteiger partial charge in [0.2, 0.25) is 5.91 Å². The van der Waals surface area contributed by atoms with Crippen molar-refractivity contribution in [2.75, 3.05) is 0 Å². The van der Waals surface area contributed by atoms with E-state index in [4.69, 9.17) is 10.8 Å². The molecule has 5 heteroatoms. The second kappa shape index (κ2) is 5.84. The molecule has 0 radical (unpaired) electrons. The topological polar surface area (TPSA) is 92.4 Å². The molecule has 94 valence electrons. The maximum atomic E-state index is 11.6. The molecule has 1 unspecified atom stereocenters. The van der Waals surface area contributed by atoms with Gasteiger partial charge in [-0.25, -0.2) is 0 Å². The number of amides is 1. The number of nitrogens with one attached hydrogen (secondary N) is 1. The van der Waals surface area contributed by atoms with Gasteiger partial charge in [-0.2, -0.15) is 0 Å². The Morgan fingerprint density at radius 1 is 1.38 bits per heavy atom. The van der Waals surface area contributed by atoms with Gasteiger partial charge in [0.1, 0.15) is 0 Å². The maximum absolute atomic E-state index is 11.6. The summed E-state index contributed by atoms with van der Waals surface area (Å²) in [6.07, 6.45) is 0.121. The van der Waals surface area contributed by atoms with Gasteiger partial charge in [0.05, 0.1) is 6.42 Å². The van der Waals surface area contributed by atoms with Gasteiger partial charge >= 0.3 is 5.97 Å². The van der Waals surface area contributed by atoms with Crippen molar-refractivity contribution < 1.29 is 14.7 Å². The highest BCUT2D eigenvalue weighted by Crippen LogP contribution is 2.10. The van der Waals surface area contributed by atoms with Crippen molar-refractivity contribution in [3.05, 3.63) is 0 Å². The van der Waals surface area contributed by atoms with Gasteiger partial charge in [-0.15, -0.1) is 0 Å². The number of carbonyl (C=O) groups excluding carboxylic acids is 1. The monoisotopic (exact) mass is 230 g/mol. The lowest BCUT2D eigenvalue weighted by Crippen LogP contribution is -2.47. The van der Waals surface area contributed by atoms with Crippen molar-refractivity contribution >= 4 is 11.9 Å². The number of hydrogen-bond donors (Lipinski definition) is 3. The summed E-state index contributed by atoms with van der Waals surface area (Å²) in [5.41, 5.74) is 5.02. The standard InChI is InChI=1S/C11H22N2O3/c1-7(2)8(12)5-9(14)13-11(3,4)6-10(15)16/h7-8H,5-6,12H2,1-4H3,(H,13,14)(H,15,16). The van der Waals surface area contributed by atoms with Crippen molar-refractivity contribution in [1.82, 2.24) is 5.32 Å². The molecule has 1 atom stereocenters. The third-order valence-electron chi connectivity index (χ3n) is 2.35. The Bertz CT molecular complexity index is 262. The predicted molar refractivity (Wildman–Crippen MR) is 61.9 cm³/mol. The van der Waals surface area contributed by atoms with Gasteiger partial charge in [0.25, 0.3) is 0 Å².